The van der Waals surface area contributed by atoms with E-state index >= 15 is 0 Å². The van der Waals surface area contributed by atoms with Crippen LogP contribution in [0.1, 0.15) is 188 Å². The number of hydrogen-bond donors (Lipinski definition) is 1. The number of unbranched alkanes of at least 4 members (excludes halogenated alkanes) is 13. The summed E-state index contributed by atoms with van der Waals surface area (Å²) in [5.41, 5.74) is 6.60. The van der Waals surface area contributed by atoms with Crippen LogP contribution in [0.2, 0.25) is 0 Å². The van der Waals surface area contributed by atoms with Crippen LogP contribution in [0.4, 0.5) is 5.13 Å². The molecule has 2 fully saturated rings. The van der Waals surface area contributed by atoms with Gasteiger partial charge in [0.15, 0.2) is 5.75 Å². The second-order valence-electron chi connectivity index (χ2n) is 26.6. The van der Waals surface area contributed by atoms with E-state index in [4.69, 9.17) is 62.7 Å². The van der Waals surface area contributed by atoms with Gasteiger partial charge in [0.05, 0.1) is 68.1 Å². The molecule has 0 amide bonds. The van der Waals surface area contributed by atoms with E-state index in [1.165, 1.54) is 12.2 Å². The second kappa shape index (κ2) is 43.8. The normalized spacial score (nSPS) is 16.4. The molecule has 1 heterocycles. The van der Waals surface area contributed by atoms with Gasteiger partial charge in [-0.05, 0) is 222 Å². The molecule has 6 aromatic carbocycles. The third kappa shape index (κ3) is 24.7. The van der Waals surface area contributed by atoms with Crippen molar-refractivity contribution in [1.29, 1.82) is 0 Å². The number of ether oxygens (including phenoxy) is 7. The van der Waals surface area contributed by atoms with Crippen molar-refractivity contribution >= 4 is 63.6 Å². The van der Waals surface area contributed by atoms with Crippen molar-refractivity contribution in [3.8, 4) is 39.9 Å². The standard InChI is InChI=1S/C83H99N3O15S.CH2O/c1-3-77(87)94-54-24-13-11-22-52-92-65-41-37-62(38-42-65)80(100-91)61-35-33-60(34-36-61)59-97-101-75-50-49-69(99-81(89)63-39-43-67(44-40-63)98-68-47-45-66(46-48-68)93-53-23-12-14-25-55-95-78(88)4-2)57-64(75)58-84-86(83-85-74-31-19-20-32-76(74)102-83)51-21-9-7-5-6-8-10-26-56-96-82(90)79-72-29-17-15-27-70(72)71-28-16-18-30-73(71)79;1-2/h3-4,15-20,27-32,37-38,41-42,45-50,57-58,60-61,63,67,79-80,91H,1-2,5-14,21-26,33-36,39-40,43-44,51-56,59H2;1H2/b84-58+;. The van der Waals surface area contributed by atoms with Gasteiger partial charge in [-0.1, -0.05) is 136 Å². The van der Waals surface area contributed by atoms with Gasteiger partial charge in [-0.25, -0.2) is 24.5 Å². The van der Waals surface area contributed by atoms with Gasteiger partial charge in [-0.3, -0.25) is 14.8 Å². The van der Waals surface area contributed by atoms with Gasteiger partial charge < -0.3 is 42.8 Å². The highest BCUT2D eigenvalue weighted by Crippen LogP contribution is 2.46. The minimum atomic E-state index is -0.485. The molecule has 1 N–H and O–H groups in total. The summed E-state index contributed by atoms with van der Waals surface area (Å²) in [6.07, 6.45) is 24.8. The maximum atomic E-state index is 14.0. The predicted molar refractivity (Wildman–Crippen MR) is 403 cm³/mol. The van der Waals surface area contributed by atoms with Crippen LogP contribution in [0.25, 0.3) is 21.3 Å². The number of nitrogens with zero attached hydrogens (tertiary/aromatic N) is 3. The molecule has 10 rings (SSSR count). The van der Waals surface area contributed by atoms with Crippen LogP contribution in [0.5, 0.6) is 28.7 Å². The number of rotatable bonds is 44. The Morgan fingerprint density at radius 3 is 1.66 bits per heavy atom. The van der Waals surface area contributed by atoms with E-state index in [1.54, 1.807) is 35.8 Å². The minimum Gasteiger partial charge on any atom is -0.494 e. The highest BCUT2D eigenvalue weighted by atomic mass is 32.1. The Labute approximate surface area is 615 Å². The number of carbonyl (C=O) groups excluding carboxylic acids is 5. The van der Waals surface area contributed by atoms with Gasteiger partial charge in [-0.15, -0.1) is 0 Å². The summed E-state index contributed by atoms with van der Waals surface area (Å²) in [5, 5.41) is 18.0. The van der Waals surface area contributed by atoms with Crippen LogP contribution < -0.4 is 28.8 Å². The van der Waals surface area contributed by atoms with E-state index in [0.29, 0.717) is 88.9 Å². The number of hydrogen-bond acceptors (Lipinski definition) is 20. The lowest BCUT2D eigenvalue weighted by atomic mass is 9.78. The van der Waals surface area contributed by atoms with E-state index in [-0.39, 0.29) is 41.7 Å². The molecule has 554 valence electrons. The fraction of sp³-hybridized carbons (Fsp3) is 0.440. The Hall–Kier alpha value is -9.21. The Balaban J connectivity index is 0.00000622. The van der Waals surface area contributed by atoms with Crippen molar-refractivity contribution in [1.82, 2.24) is 4.98 Å². The SMILES string of the molecule is C=CC(=O)OCCCCCCOc1ccc(OC2CCC(C(=O)Oc3ccc(OOCC4CCC(C(OO)c5ccc(OCCCCCCOC(=O)C=C)cc5)CC4)c(/C=N/N(CCCCCCCCCCOC(=O)C4c5ccccc5-c5ccccc54)c4nc5ccccc5s4)c3)CC2)cc1.C=O. The number of para-hydroxylation sites is 1. The molecular weight excluding hydrogens is 1340 g/mol. The van der Waals surface area contributed by atoms with Crippen LogP contribution in [-0.4, -0.2) is 99.4 Å². The number of hydrazone groups is 1. The Bertz CT molecular complexity index is 3730. The number of benzene rings is 6. The van der Waals surface area contributed by atoms with Crippen LogP contribution in [-0.2, 0) is 48.0 Å². The zero-order valence-electron chi connectivity index (χ0n) is 59.8. The highest BCUT2D eigenvalue weighted by Gasteiger charge is 2.35. The molecule has 7 aromatic rings. The molecule has 1 atom stereocenters. The van der Waals surface area contributed by atoms with Gasteiger partial charge in [0.2, 0.25) is 5.13 Å². The largest absolute Gasteiger partial charge is 0.494 e. The molecule has 3 aliphatic carbocycles. The predicted octanol–water partition coefficient (Wildman–Crippen LogP) is 18.7. The summed E-state index contributed by atoms with van der Waals surface area (Å²) in [4.78, 5) is 80.3. The van der Waals surface area contributed by atoms with Crippen LogP contribution in [0.3, 0.4) is 0 Å². The molecule has 0 aliphatic heterocycles. The van der Waals surface area contributed by atoms with Crippen LogP contribution in [0.15, 0.2) is 170 Å². The average molecular weight is 1440 g/mol. The smallest absolute Gasteiger partial charge is 0.330 e. The summed E-state index contributed by atoms with van der Waals surface area (Å²) in [6, 6.07) is 45.0. The van der Waals surface area contributed by atoms with E-state index < -0.39 is 18.0 Å². The summed E-state index contributed by atoms with van der Waals surface area (Å²) >= 11 is 1.58. The topological polar surface area (TPSA) is 226 Å². The first-order valence-corrected chi connectivity index (χ1v) is 37.9. The Morgan fingerprint density at radius 2 is 1.08 bits per heavy atom. The molecule has 19 nitrogen and oxygen atoms in total. The Kier molecular flexibility index (Phi) is 33.2. The average Bonchev–Trinajstić information content (AvgIpc) is 1.59. The van der Waals surface area contributed by atoms with Crippen molar-refractivity contribution in [3.05, 3.63) is 187 Å². The maximum Gasteiger partial charge on any atom is 0.330 e. The van der Waals surface area contributed by atoms with Crippen LogP contribution >= 0.6 is 11.3 Å². The lowest BCUT2D eigenvalue weighted by molar-refractivity contribution is -0.296. The lowest BCUT2D eigenvalue weighted by Gasteiger charge is -2.32. The zero-order chi connectivity index (χ0) is 72.9. The first-order chi connectivity index (χ1) is 51.1. The number of esters is 4. The molecule has 104 heavy (non-hydrogen) atoms. The molecule has 0 spiro atoms. The molecule has 3 aliphatic rings. The van der Waals surface area contributed by atoms with E-state index in [1.807, 2.05) is 115 Å². The fourth-order valence-electron chi connectivity index (χ4n) is 13.6. The summed E-state index contributed by atoms with van der Waals surface area (Å²) < 4.78 is 41.5. The number of thiazole rings is 1. The summed E-state index contributed by atoms with van der Waals surface area (Å²) in [5.74, 6) is 1.40. The highest BCUT2D eigenvalue weighted by molar-refractivity contribution is 7.22. The van der Waals surface area contributed by atoms with Crippen molar-refractivity contribution in [2.45, 2.75) is 172 Å². The van der Waals surface area contributed by atoms with Crippen molar-refractivity contribution < 1.29 is 77.1 Å². The number of aromatic nitrogens is 1. The fourth-order valence-corrected chi connectivity index (χ4v) is 14.5. The number of fused-ring (bicyclic) bond motifs is 4. The van der Waals surface area contributed by atoms with Gasteiger partial charge >= 0.3 is 23.9 Å². The van der Waals surface area contributed by atoms with Gasteiger partial charge in [0.25, 0.3) is 0 Å². The molecule has 2 saturated carbocycles. The first kappa shape index (κ1) is 78.9. The van der Waals surface area contributed by atoms with E-state index in [0.717, 1.165) is 189 Å². The molecule has 0 radical (unpaired) electrons. The van der Waals surface area contributed by atoms with Gasteiger partial charge in [0, 0.05) is 24.3 Å². The molecule has 0 saturated heterocycles. The van der Waals surface area contributed by atoms with E-state index in [9.17, 15) is 24.4 Å². The van der Waals surface area contributed by atoms with E-state index in [2.05, 4.69) is 31.4 Å². The monoisotopic (exact) mass is 1440 g/mol. The third-order valence-corrected chi connectivity index (χ3v) is 20.3. The van der Waals surface area contributed by atoms with Gasteiger partial charge in [-0.2, -0.15) is 9.99 Å². The lowest BCUT2D eigenvalue weighted by Crippen LogP contribution is -2.30. The second-order valence-corrected chi connectivity index (χ2v) is 27.6. The summed E-state index contributed by atoms with van der Waals surface area (Å²) in [7, 11) is 0. The van der Waals surface area contributed by atoms with Crippen molar-refractivity contribution in [2.75, 3.05) is 51.2 Å². The van der Waals surface area contributed by atoms with Gasteiger partial charge in [0.1, 0.15) is 41.8 Å². The first-order valence-electron chi connectivity index (χ1n) is 37.1. The Morgan fingerprint density at radius 1 is 0.558 bits per heavy atom. The zero-order valence-corrected chi connectivity index (χ0v) is 60.7. The third-order valence-electron chi connectivity index (χ3n) is 19.3. The van der Waals surface area contributed by atoms with Crippen LogP contribution in [0, 0.1) is 17.8 Å². The molecule has 0 bridgehead atoms. The van der Waals surface area contributed by atoms with Crippen molar-refractivity contribution in [2.24, 2.45) is 22.9 Å². The maximum absolute atomic E-state index is 14.0. The number of carbonyl (C=O) groups is 5. The molecule has 1 aromatic heterocycles. The van der Waals surface area contributed by atoms with Crippen molar-refractivity contribution in [3.63, 3.8) is 0 Å². The quantitative estimate of drug-likeness (QED) is 0.00547. The minimum absolute atomic E-state index is 0.0406. The summed E-state index contributed by atoms with van der Waals surface area (Å²) in [6.45, 7) is 12.2. The number of anilines is 1. The molecule has 20 heteroatoms. The molecular formula is C84H101N3O16S. The molecule has 1 unspecified atom stereocenters.